The summed E-state index contributed by atoms with van der Waals surface area (Å²) in [6.45, 7) is 3.70. The summed E-state index contributed by atoms with van der Waals surface area (Å²) in [7, 11) is 4.59. The Bertz CT molecular complexity index is 1050. The van der Waals surface area contributed by atoms with Crippen molar-refractivity contribution in [1.82, 2.24) is 9.88 Å². The van der Waals surface area contributed by atoms with Crippen molar-refractivity contribution in [1.29, 1.82) is 0 Å². The molecule has 0 fully saturated rings. The first-order valence-electron chi connectivity index (χ1n) is 8.72. The van der Waals surface area contributed by atoms with Crippen LogP contribution in [-0.2, 0) is 11.3 Å². The van der Waals surface area contributed by atoms with Crippen LogP contribution in [0.3, 0.4) is 0 Å². The van der Waals surface area contributed by atoms with Crippen molar-refractivity contribution in [2.45, 2.75) is 20.4 Å². The van der Waals surface area contributed by atoms with E-state index in [2.05, 4.69) is 4.98 Å². The number of methoxy groups -OCH3 is 2. The van der Waals surface area contributed by atoms with E-state index in [4.69, 9.17) is 13.9 Å². The average Bonchev–Trinajstić information content (AvgIpc) is 3.05. The van der Waals surface area contributed by atoms with E-state index < -0.39 is 5.97 Å². The van der Waals surface area contributed by atoms with Crippen molar-refractivity contribution in [2.75, 3.05) is 21.3 Å². The third kappa shape index (κ3) is 3.69. The monoisotopic (exact) mass is 382 g/mol. The average molecular weight is 382 g/mol. The number of carbonyl (C=O) groups is 2. The molecular formula is C21H22N2O5. The van der Waals surface area contributed by atoms with Gasteiger partial charge in [-0.1, -0.05) is 0 Å². The Labute approximate surface area is 162 Å². The Hall–Kier alpha value is -3.35. The van der Waals surface area contributed by atoms with E-state index >= 15 is 0 Å². The molecule has 3 aromatic rings. The summed E-state index contributed by atoms with van der Waals surface area (Å²) in [6, 6.07) is 8.96. The SMILES string of the molecule is COC(=O)c1cc(CN(C)C(=O)c2cc3ccc(OC)cc3nc2C)oc1C. The maximum Gasteiger partial charge on any atom is 0.341 e. The highest BCUT2D eigenvalue weighted by Gasteiger charge is 2.20. The van der Waals surface area contributed by atoms with Gasteiger partial charge in [-0.2, -0.15) is 0 Å². The van der Waals surface area contributed by atoms with Crippen molar-refractivity contribution in [2.24, 2.45) is 0 Å². The summed E-state index contributed by atoms with van der Waals surface area (Å²) in [5, 5.41) is 0.852. The van der Waals surface area contributed by atoms with E-state index in [-0.39, 0.29) is 12.5 Å². The van der Waals surface area contributed by atoms with Crippen molar-refractivity contribution in [3.8, 4) is 5.75 Å². The summed E-state index contributed by atoms with van der Waals surface area (Å²) in [4.78, 5) is 30.7. The fourth-order valence-electron chi connectivity index (χ4n) is 3.03. The summed E-state index contributed by atoms with van der Waals surface area (Å²) < 4.78 is 15.5. The minimum absolute atomic E-state index is 0.184. The molecule has 0 saturated carbocycles. The molecule has 0 unspecified atom stereocenters. The standard InChI is InChI=1S/C21H22N2O5/c1-12-17(8-14-6-7-15(26-4)10-19(14)22-12)20(24)23(3)11-16-9-18(13(2)28-16)21(25)27-5/h6-10H,11H2,1-5H3. The third-order valence-corrected chi connectivity index (χ3v) is 4.56. The lowest BCUT2D eigenvalue weighted by atomic mass is 10.1. The highest BCUT2D eigenvalue weighted by Crippen LogP contribution is 2.23. The lowest BCUT2D eigenvalue weighted by Crippen LogP contribution is -2.27. The summed E-state index contributed by atoms with van der Waals surface area (Å²) in [5.41, 5.74) is 2.26. The molecule has 28 heavy (non-hydrogen) atoms. The highest BCUT2D eigenvalue weighted by molar-refractivity contribution is 5.98. The van der Waals surface area contributed by atoms with Gasteiger partial charge in [0.25, 0.3) is 5.91 Å². The molecule has 0 aliphatic rings. The number of furan rings is 1. The van der Waals surface area contributed by atoms with Gasteiger partial charge in [0, 0.05) is 18.5 Å². The minimum atomic E-state index is -0.466. The molecule has 0 aliphatic carbocycles. The first-order chi connectivity index (χ1) is 13.3. The van der Waals surface area contributed by atoms with Gasteiger partial charge in [-0.15, -0.1) is 0 Å². The predicted molar refractivity (Wildman–Crippen MR) is 104 cm³/mol. The van der Waals surface area contributed by atoms with Gasteiger partial charge in [-0.25, -0.2) is 4.79 Å². The second-order valence-electron chi connectivity index (χ2n) is 6.52. The third-order valence-electron chi connectivity index (χ3n) is 4.56. The number of carbonyl (C=O) groups excluding carboxylic acids is 2. The summed E-state index contributed by atoms with van der Waals surface area (Å²) >= 11 is 0. The number of hydrogen-bond acceptors (Lipinski definition) is 6. The molecule has 7 heteroatoms. The Morgan fingerprint density at radius 1 is 1.11 bits per heavy atom. The van der Waals surface area contributed by atoms with Gasteiger partial charge in [-0.3, -0.25) is 9.78 Å². The second-order valence-corrected chi connectivity index (χ2v) is 6.52. The number of nitrogens with zero attached hydrogens (tertiary/aromatic N) is 2. The normalized spacial score (nSPS) is 10.8. The molecule has 0 N–H and O–H groups in total. The van der Waals surface area contributed by atoms with Crippen molar-refractivity contribution in [3.63, 3.8) is 0 Å². The quantitative estimate of drug-likeness (QED) is 0.628. The van der Waals surface area contributed by atoms with Crippen LogP contribution >= 0.6 is 0 Å². The van der Waals surface area contributed by atoms with Gasteiger partial charge in [0.15, 0.2) is 0 Å². The van der Waals surface area contributed by atoms with Gasteiger partial charge in [0.05, 0.1) is 37.5 Å². The molecule has 2 heterocycles. The molecule has 2 aromatic heterocycles. The smallest absolute Gasteiger partial charge is 0.341 e. The number of benzene rings is 1. The first-order valence-corrected chi connectivity index (χ1v) is 8.72. The summed E-state index contributed by atoms with van der Waals surface area (Å²) in [6.07, 6.45) is 0. The lowest BCUT2D eigenvalue weighted by Gasteiger charge is -2.17. The van der Waals surface area contributed by atoms with Crippen molar-refractivity contribution >= 4 is 22.8 Å². The zero-order valence-corrected chi connectivity index (χ0v) is 16.5. The molecule has 1 aromatic carbocycles. The second kappa shape index (κ2) is 7.72. The Kier molecular flexibility index (Phi) is 5.35. The zero-order valence-electron chi connectivity index (χ0n) is 16.5. The molecule has 0 radical (unpaired) electrons. The van der Waals surface area contributed by atoms with E-state index in [1.165, 1.54) is 12.0 Å². The van der Waals surface area contributed by atoms with Crippen molar-refractivity contribution in [3.05, 3.63) is 58.7 Å². The number of amides is 1. The molecule has 1 amide bonds. The number of aromatic nitrogens is 1. The molecule has 0 saturated heterocycles. The van der Waals surface area contributed by atoms with Gasteiger partial charge in [0.1, 0.15) is 22.8 Å². The number of aryl methyl sites for hydroxylation is 2. The zero-order chi connectivity index (χ0) is 20.4. The van der Waals surface area contributed by atoms with Crippen LogP contribution in [0, 0.1) is 13.8 Å². The topological polar surface area (TPSA) is 81.9 Å². The highest BCUT2D eigenvalue weighted by atomic mass is 16.5. The maximum atomic E-state index is 12.9. The largest absolute Gasteiger partial charge is 0.497 e. The van der Waals surface area contributed by atoms with Crippen LogP contribution in [0.2, 0.25) is 0 Å². The van der Waals surface area contributed by atoms with E-state index in [1.54, 1.807) is 34.1 Å². The molecule has 146 valence electrons. The molecule has 0 aliphatic heterocycles. The van der Waals surface area contributed by atoms with Crippen LogP contribution in [0.15, 0.2) is 34.7 Å². The predicted octanol–water partition coefficient (Wildman–Crippen LogP) is 3.51. The number of pyridine rings is 1. The van der Waals surface area contributed by atoms with Crippen LogP contribution in [0.5, 0.6) is 5.75 Å². The Morgan fingerprint density at radius 3 is 2.54 bits per heavy atom. The van der Waals surface area contributed by atoms with Gasteiger partial charge in [0.2, 0.25) is 0 Å². The van der Waals surface area contributed by atoms with E-state index in [0.717, 1.165) is 10.9 Å². The molecule has 0 atom stereocenters. The molecule has 3 rings (SSSR count). The number of rotatable bonds is 5. The van der Waals surface area contributed by atoms with Crippen LogP contribution in [-0.4, -0.2) is 43.0 Å². The van der Waals surface area contributed by atoms with Gasteiger partial charge in [-0.05, 0) is 38.1 Å². The number of fused-ring (bicyclic) bond motifs is 1. The fraction of sp³-hybridized carbons (Fsp3) is 0.286. The lowest BCUT2D eigenvalue weighted by molar-refractivity contribution is 0.0598. The minimum Gasteiger partial charge on any atom is -0.497 e. The maximum absolute atomic E-state index is 12.9. The Morgan fingerprint density at radius 2 is 1.86 bits per heavy atom. The summed E-state index contributed by atoms with van der Waals surface area (Å²) in [5.74, 6) is 1.03. The first kappa shape index (κ1) is 19.4. The van der Waals surface area contributed by atoms with Crippen LogP contribution in [0.1, 0.15) is 37.9 Å². The van der Waals surface area contributed by atoms with E-state index in [9.17, 15) is 9.59 Å². The fourth-order valence-corrected chi connectivity index (χ4v) is 3.03. The van der Waals surface area contributed by atoms with Crippen molar-refractivity contribution < 1.29 is 23.5 Å². The Balaban J connectivity index is 1.85. The van der Waals surface area contributed by atoms with Crippen LogP contribution in [0.4, 0.5) is 0 Å². The number of esters is 1. The number of hydrogen-bond donors (Lipinski definition) is 0. The van der Waals surface area contributed by atoms with E-state index in [1.807, 2.05) is 24.3 Å². The molecular weight excluding hydrogens is 360 g/mol. The molecule has 0 bridgehead atoms. The molecule has 0 spiro atoms. The van der Waals surface area contributed by atoms with Gasteiger partial charge >= 0.3 is 5.97 Å². The molecule has 7 nitrogen and oxygen atoms in total. The van der Waals surface area contributed by atoms with Crippen LogP contribution < -0.4 is 4.74 Å². The van der Waals surface area contributed by atoms with E-state index in [0.29, 0.717) is 34.1 Å². The van der Waals surface area contributed by atoms with Crippen LogP contribution in [0.25, 0.3) is 10.9 Å². The number of ether oxygens (including phenoxy) is 2. The van der Waals surface area contributed by atoms with Gasteiger partial charge < -0.3 is 18.8 Å².